The SMILES string of the molecule is CC(C)(C)N(C(=O)O)C(CC(=O)Nc1cccc(-c2ccc(Oc3ccc(F)cc3)cc2)n1)C(N)=O. The van der Waals surface area contributed by atoms with Crippen molar-refractivity contribution in [3.05, 3.63) is 72.5 Å². The van der Waals surface area contributed by atoms with Crippen LogP contribution in [-0.4, -0.2) is 44.5 Å². The van der Waals surface area contributed by atoms with Gasteiger partial charge in [0.25, 0.3) is 0 Å². The number of halogens is 1. The minimum Gasteiger partial charge on any atom is -0.465 e. The fourth-order valence-corrected chi connectivity index (χ4v) is 3.57. The number of hydrogen-bond acceptors (Lipinski definition) is 5. The topological polar surface area (TPSA) is 135 Å². The number of nitrogens with one attached hydrogen (secondary N) is 1. The molecule has 9 nitrogen and oxygen atoms in total. The van der Waals surface area contributed by atoms with Crippen LogP contribution in [0.15, 0.2) is 66.7 Å². The molecule has 3 aromatic rings. The monoisotopic (exact) mass is 494 g/mol. The highest BCUT2D eigenvalue weighted by atomic mass is 19.1. The molecule has 0 fully saturated rings. The molecule has 1 aromatic heterocycles. The summed E-state index contributed by atoms with van der Waals surface area (Å²) in [5.74, 6) is -0.614. The van der Waals surface area contributed by atoms with Gasteiger partial charge in [-0.15, -0.1) is 0 Å². The largest absolute Gasteiger partial charge is 0.465 e. The van der Waals surface area contributed by atoms with Gasteiger partial charge >= 0.3 is 6.09 Å². The predicted molar refractivity (Wildman–Crippen MR) is 132 cm³/mol. The number of nitrogens with two attached hydrogens (primary N) is 1. The summed E-state index contributed by atoms with van der Waals surface area (Å²) in [6.07, 6.45) is -1.81. The number of ether oxygens (including phenoxy) is 1. The van der Waals surface area contributed by atoms with Gasteiger partial charge in [-0.2, -0.15) is 0 Å². The van der Waals surface area contributed by atoms with E-state index >= 15 is 0 Å². The molecule has 4 N–H and O–H groups in total. The summed E-state index contributed by atoms with van der Waals surface area (Å²) in [7, 11) is 0. The molecule has 3 amide bonds. The van der Waals surface area contributed by atoms with Crippen molar-refractivity contribution in [2.75, 3.05) is 5.32 Å². The molecule has 0 aliphatic carbocycles. The Kier molecular flexibility index (Phi) is 7.88. The normalized spacial score (nSPS) is 11.9. The number of nitrogens with zero attached hydrogens (tertiary/aromatic N) is 2. The van der Waals surface area contributed by atoms with E-state index in [0.717, 1.165) is 10.5 Å². The lowest BCUT2D eigenvalue weighted by atomic mass is 10.0. The number of aromatic nitrogens is 1. The van der Waals surface area contributed by atoms with Gasteiger partial charge in [0.1, 0.15) is 29.2 Å². The number of anilines is 1. The third-order valence-electron chi connectivity index (χ3n) is 5.16. The second-order valence-electron chi connectivity index (χ2n) is 8.98. The first kappa shape index (κ1) is 26.1. The Morgan fingerprint density at radius 2 is 1.61 bits per heavy atom. The molecule has 0 spiro atoms. The summed E-state index contributed by atoms with van der Waals surface area (Å²) in [5.41, 5.74) is 5.78. The summed E-state index contributed by atoms with van der Waals surface area (Å²) in [6, 6.07) is 16.4. The molecule has 0 saturated carbocycles. The van der Waals surface area contributed by atoms with E-state index in [-0.39, 0.29) is 11.6 Å². The quantitative estimate of drug-likeness (QED) is 0.418. The van der Waals surface area contributed by atoms with Gasteiger partial charge in [0, 0.05) is 11.1 Å². The summed E-state index contributed by atoms with van der Waals surface area (Å²) >= 11 is 0. The van der Waals surface area contributed by atoms with Crippen LogP contribution in [0.4, 0.5) is 15.0 Å². The van der Waals surface area contributed by atoms with Crippen LogP contribution in [0.1, 0.15) is 27.2 Å². The summed E-state index contributed by atoms with van der Waals surface area (Å²) in [5, 5.41) is 12.2. The average Bonchev–Trinajstić information content (AvgIpc) is 2.79. The molecule has 0 bridgehead atoms. The Morgan fingerprint density at radius 1 is 1.03 bits per heavy atom. The molecule has 3 rings (SSSR count). The molecular weight excluding hydrogens is 467 g/mol. The number of carboxylic acid groups (broad SMARTS) is 1. The van der Waals surface area contributed by atoms with Crippen molar-refractivity contribution < 1.29 is 28.6 Å². The minimum absolute atomic E-state index is 0.227. The van der Waals surface area contributed by atoms with Gasteiger partial charge in [0.2, 0.25) is 11.8 Å². The Hall–Kier alpha value is -4.47. The van der Waals surface area contributed by atoms with Crippen LogP contribution in [0.3, 0.4) is 0 Å². The molecular formula is C26H27FN4O5. The highest BCUT2D eigenvalue weighted by molar-refractivity contribution is 5.95. The minimum atomic E-state index is -1.36. The van der Waals surface area contributed by atoms with Crippen LogP contribution >= 0.6 is 0 Å². The van der Waals surface area contributed by atoms with Crippen molar-refractivity contribution in [2.45, 2.75) is 38.8 Å². The van der Waals surface area contributed by atoms with Crippen LogP contribution in [0.2, 0.25) is 0 Å². The van der Waals surface area contributed by atoms with Crippen molar-refractivity contribution in [3.63, 3.8) is 0 Å². The lowest BCUT2D eigenvalue weighted by Crippen LogP contribution is -2.56. The maximum atomic E-state index is 13.1. The van der Waals surface area contributed by atoms with Crippen LogP contribution in [-0.2, 0) is 9.59 Å². The second-order valence-corrected chi connectivity index (χ2v) is 8.98. The Balaban J connectivity index is 1.70. The molecule has 2 aromatic carbocycles. The van der Waals surface area contributed by atoms with E-state index in [1.165, 1.54) is 24.3 Å². The second kappa shape index (κ2) is 10.9. The highest BCUT2D eigenvalue weighted by Gasteiger charge is 2.37. The fourth-order valence-electron chi connectivity index (χ4n) is 3.57. The highest BCUT2D eigenvalue weighted by Crippen LogP contribution is 2.26. The molecule has 0 saturated heterocycles. The van der Waals surface area contributed by atoms with E-state index in [4.69, 9.17) is 10.5 Å². The number of primary amides is 1. The van der Waals surface area contributed by atoms with Crippen molar-refractivity contribution in [3.8, 4) is 22.8 Å². The van der Waals surface area contributed by atoms with Gasteiger partial charge in [-0.25, -0.2) is 14.2 Å². The van der Waals surface area contributed by atoms with Crippen LogP contribution in [0.5, 0.6) is 11.5 Å². The zero-order chi connectivity index (χ0) is 26.5. The number of hydrogen-bond donors (Lipinski definition) is 3. The molecule has 0 radical (unpaired) electrons. The summed E-state index contributed by atoms with van der Waals surface area (Å²) in [6.45, 7) is 4.82. The number of carbonyl (C=O) groups is 3. The van der Waals surface area contributed by atoms with Gasteiger partial charge in [0.15, 0.2) is 0 Å². The van der Waals surface area contributed by atoms with E-state index in [9.17, 15) is 23.9 Å². The number of amides is 3. The molecule has 1 unspecified atom stereocenters. The summed E-state index contributed by atoms with van der Waals surface area (Å²) in [4.78, 5) is 41.6. The van der Waals surface area contributed by atoms with Crippen molar-refractivity contribution in [1.29, 1.82) is 0 Å². The van der Waals surface area contributed by atoms with Gasteiger partial charge in [-0.3, -0.25) is 14.5 Å². The fraction of sp³-hybridized carbons (Fsp3) is 0.231. The molecule has 188 valence electrons. The zero-order valence-electron chi connectivity index (χ0n) is 20.1. The first-order valence-electron chi connectivity index (χ1n) is 11.1. The Morgan fingerprint density at radius 3 is 2.14 bits per heavy atom. The maximum absolute atomic E-state index is 13.1. The average molecular weight is 495 g/mol. The number of pyridine rings is 1. The zero-order valence-corrected chi connectivity index (χ0v) is 20.1. The third kappa shape index (κ3) is 6.78. The molecule has 36 heavy (non-hydrogen) atoms. The first-order valence-corrected chi connectivity index (χ1v) is 11.1. The van der Waals surface area contributed by atoms with Crippen molar-refractivity contribution in [1.82, 2.24) is 9.88 Å². The van der Waals surface area contributed by atoms with Crippen LogP contribution < -0.4 is 15.8 Å². The molecule has 10 heteroatoms. The third-order valence-corrected chi connectivity index (χ3v) is 5.16. The van der Waals surface area contributed by atoms with Gasteiger partial charge < -0.3 is 20.9 Å². The van der Waals surface area contributed by atoms with E-state index < -0.39 is 35.9 Å². The molecule has 1 atom stereocenters. The van der Waals surface area contributed by atoms with Crippen LogP contribution in [0, 0.1) is 5.82 Å². The first-order chi connectivity index (χ1) is 16.9. The number of rotatable bonds is 8. The van der Waals surface area contributed by atoms with Crippen LogP contribution in [0.25, 0.3) is 11.3 Å². The maximum Gasteiger partial charge on any atom is 0.408 e. The molecule has 0 aliphatic heterocycles. The van der Waals surface area contributed by atoms with E-state index in [1.807, 2.05) is 0 Å². The lowest BCUT2D eigenvalue weighted by Gasteiger charge is -2.37. The smallest absolute Gasteiger partial charge is 0.408 e. The predicted octanol–water partition coefficient (Wildman–Crippen LogP) is 4.64. The molecule has 0 aliphatic rings. The Labute approximate surface area is 207 Å². The van der Waals surface area contributed by atoms with Gasteiger partial charge in [-0.1, -0.05) is 6.07 Å². The van der Waals surface area contributed by atoms with E-state index in [2.05, 4.69) is 10.3 Å². The standard InChI is InChI=1S/C26H27FN4O5/c1-26(2,3)31(25(34)35)21(24(28)33)15-23(32)30-22-6-4-5-20(29-22)16-7-11-18(12-8-16)36-19-13-9-17(27)10-14-19/h4-14,21H,15H2,1-3H3,(H2,28,33)(H,34,35)(H,29,30,32). The lowest BCUT2D eigenvalue weighted by molar-refractivity contribution is -0.128. The Bertz CT molecular complexity index is 1240. The van der Waals surface area contributed by atoms with E-state index in [0.29, 0.717) is 17.2 Å². The summed E-state index contributed by atoms with van der Waals surface area (Å²) < 4.78 is 18.7. The molecule has 1 heterocycles. The number of benzene rings is 2. The number of carbonyl (C=O) groups excluding carboxylic acids is 2. The van der Waals surface area contributed by atoms with Crippen molar-refractivity contribution >= 4 is 23.7 Å². The van der Waals surface area contributed by atoms with Gasteiger partial charge in [0.05, 0.1) is 12.1 Å². The van der Waals surface area contributed by atoms with E-state index in [1.54, 1.807) is 63.2 Å². The van der Waals surface area contributed by atoms with Gasteiger partial charge in [-0.05, 0) is 81.4 Å². The van der Waals surface area contributed by atoms with Crippen molar-refractivity contribution in [2.24, 2.45) is 5.73 Å².